The molecule has 4 aliphatic heterocycles. The van der Waals surface area contributed by atoms with E-state index in [4.69, 9.17) is 32.5 Å². The number of piperazine rings is 1. The lowest BCUT2D eigenvalue weighted by Gasteiger charge is -2.36. The summed E-state index contributed by atoms with van der Waals surface area (Å²) < 4.78 is 65.2. The quantitative estimate of drug-likeness (QED) is 0.154. The first-order valence-corrected chi connectivity index (χ1v) is 15.7. The highest BCUT2D eigenvalue weighted by Crippen LogP contribution is 2.44. The highest BCUT2D eigenvalue weighted by Gasteiger charge is 2.45. The molecule has 1 aromatic heterocycles. The van der Waals surface area contributed by atoms with Crippen molar-refractivity contribution in [2.24, 2.45) is 5.73 Å². The highest BCUT2D eigenvalue weighted by atomic mass is 35.5. The maximum absolute atomic E-state index is 16.4. The van der Waals surface area contributed by atoms with Crippen molar-refractivity contribution in [1.82, 2.24) is 20.2 Å². The van der Waals surface area contributed by atoms with E-state index in [1.165, 1.54) is 6.92 Å². The smallest absolute Gasteiger partial charge is 0.416 e. The number of halogens is 5. The van der Waals surface area contributed by atoms with Gasteiger partial charge in [0, 0.05) is 31.2 Å². The number of hydrogen-bond donors (Lipinski definition) is 3. The third-order valence-electron chi connectivity index (χ3n) is 9.14. The zero-order valence-corrected chi connectivity index (χ0v) is 26.1. The van der Waals surface area contributed by atoms with E-state index < -0.39 is 29.0 Å². The van der Waals surface area contributed by atoms with Gasteiger partial charge in [-0.05, 0) is 81.8 Å². The van der Waals surface area contributed by atoms with Crippen LogP contribution in [0.4, 0.5) is 23.4 Å². The number of fused-ring (bicyclic) bond motifs is 3. The van der Waals surface area contributed by atoms with Crippen molar-refractivity contribution in [1.29, 1.82) is 5.41 Å². The van der Waals surface area contributed by atoms with E-state index in [1.807, 2.05) is 13.8 Å². The minimum atomic E-state index is -4.85. The third kappa shape index (κ3) is 6.00. The van der Waals surface area contributed by atoms with Crippen molar-refractivity contribution in [2.75, 3.05) is 44.2 Å². The molecule has 0 amide bonds. The summed E-state index contributed by atoms with van der Waals surface area (Å²) >= 11 is 6.76. The first-order valence-electron chi connectivity index (χ1n) is 15.4. The van der Waals surface area contributed by atoms with Gasteiger partial charge >= 0.3 is 12.2 Å². The van der Waals surface area contributed by atoms with Crippen LogP contribution in [-0.2, 0) is 6.42 Å². The maximum atomic E-state index is 16.4. The van der Waals surface area contributed by atoms with E-state index in [0.29, 0.717) is 61.9 Å². The average molecular weight is 638 g/mol. The van der Waals surface area contributed by atoms with Gasteiger partial charge in [-0.15, -0.1) is 0 Å². The number of anilines is 1. The fourth-order valence-corrected chi connectivity index (χ4v) is 7.47. The first kappa shape index (κ1) is 32.4. The Morgan fingerprint density at radius 3 is 2.57 bits per heavy atom. The molecule has 2 aromatic rings. The van der Waals surface area contributed by atoms with Crippen LogP contribution in [0.5, 0.6) is 6.01 Å². The number of nitrogens with zero attached hydrogens (tertiary/aromatic N) is 4. The Kier molecular flexibility index (Phi) is 9.44. The Labute approximate surface area is 260 Å². The number of aromatic nitrogens is 2. The summed E-state index contributed by atoms with van der Waals surface area (Å²) in [7, 11) is 0. The Bertz CT molecular complexity index is 1480. The monoisotopic (exact) mass is 637 g/mol. The molecule has 0 aliphatic carbocycles. The standard InChI is InChI=1S/C29H34ClF4N7O.C2H6/c1-16(12-21(35)36)20(29(32,33)34)13-19-23(30)18-5-4-17-14-37-8-11-41(17)26-22(18)25(24(19)31)38-27(39-26)42-15-28-6-2-9-40(28)10-3-7-28;1-2/h12-13,17,37H,2-11,14-15H2,1H3,(H3,35,36);1-2H3/b16-12-,20-13-;. The highest BCUT2D eigenvalue weighted by molar-refractivity contribution is 6.34. The SMILES string of the molecule is CC.CC(=C/C(=N)N)/C(=C/c1c(Cl)c2c3c(nc(OCC45CCCN4CCC5)nc3c1F)N1CCNCC1CC2)C(F)(F)F. The zero-order valence-electron chi connectivity index (χ0n) is 25.4. The number of aryl methyl sites for hydroxylation is 1. The Morgan fingerprint density at radius 2 is 1.91 bits per heavy atom. The van der Waals surface area contributed by atoms with Gasteiger partial charge in [0.2, 0.25) is 0 Å². The topological polar surface area (TPSA) is 103 Å². The van der Waals surface area contributed by atoms with Gasteiger partial charge in [0.1, 0.15) is 23.8 Å². The summed E-state index contributed by atoms with van der Waals surface area (Å²) in [5.41, 5.74) is 3.76. The molecule has 44 heavy (non-hydrogen) atoms. The lowest BCUT2D eigenvalue weighted by atomic mass is 9.95. The van der Waals surface area contributed by atoms with Gasteiger partial charge in [0.15, 0.2) is 5.82 Å². The van der Waals surface area contributed by atoms with Crippen LogP contribution in [0.3, 0.4) is 0 Å². The molecule has 5 heterocycles. The molecular formula is C31H40ClF4N7O. The predicted molar refractivity (Wildman–Crippen MR) is 166 cm³/mol. The van der Waals surface area contributed by atoms with E-state index in [9.17, 15) is 13.2 Å². The summed E-state index contributed by atoms with van der Waals surface area (Å²) in [6.07, 6.45) is 1.97. The van der Waals surface area contributed by atoms with E-state index in [-0.39, 0.29) is 33.7 Å². The molecule has 1 atom stereocenters. The first-order chi connectivity index (χ1) is 21.0. The van der Waals surface area contributed by atoms with Crippen molar-refractivity contribution in [3.05, 3.63) is 39.2 Å². The average Bonchev–Trinajstić information content (AvgIpc) is 3.52. The number of nitrogens with two attached hydrogens (primary N) is 1. The molecule has 3 fully saturated rings. The lowest BCUT2D eigenvalue weighted by Crippen LogP contribution is -2.51. The van der Waals surface area contributed by atoms with Gasteiger partial charge < -0.3 is 20.7 Å². The van der Waals surface area contributed by atoms with Crippen LogP contribution in [0.25, 0.3) is 17.0 Å². The van der Waals surface area contributed by atoms with Crippen LogP contribution in [0.2, 0.25) is 5.02 Å². The number of ether oxygens (including phenoxy) is 1. The molecule has 240 valence electrons. The zero-order chi connectivity index (χ0) is 31.8. The molecule has 4 aliphatic rings. The fourth-order valence-electron chi connectivity index (χ4n) is 7.14. The molecule has 0 radical (unpaired) electrons. The van der Waals surface area contributed by atoms with Crippen LogP contribution in [0.1, 0.15) is 64.0 Å². The number of alkyl halides is 3. The normalized spacial score (nSPS) is 21.8. The van der Waals surface area contributed by atoms with Gasteiger partial charge in [-0.2, -0.15) is 23.1 Å². The van der Waals surface area contributed by atoms with E-state index in [2.05, 4.69) is 20.1 Å². The Morgan fingerprint density at radius 1 is 1.20 bits per heavy atom. The second kappa shape index (κ2) is 12.8. The number of nitrogens with one attached hydrogen (secondary N) is 2. The number of hydrogen-bond acceptors (Lipinski definition) is 7. The van der Waals surface area contributed by atoms with Crippen LogP contribution >= 0.6 is 11.6 Å². The minimum absolute atomic E-state index is 0.00982. The summed E-state index contributed by atoms with van der Waals surface area (Å²) in [4.78, 5) is 13.8. The molecule has 13 heteroatoms. The summed E-state index contributed by atoms with van der Waals surface area (Å²) in [6.45, 7) is 9.59. The van der Waals surface area contributed by atoms with E-state index >= 15 is 4.39 Å². The number of benzene rings is 1. The molecule has 3 saturated heterocycles. The van der Waals surface area contributed by atoms with Gasteiger partial charge in [-0.25, -0.2) is 4.39 Å². The molecule has 0 spiro atoms. The van der Waals surface area contributed by atoms with Crippen molar-refractivity contribution in [2.45, 2.75) is 77.1 Å². The minimum Gasteiger partial charge on any atom is -0.461 e. The summed E-state index contributed by atoms with van der Waals surface area (Å²) in [6, 6.07) is 0.0519. The molecule has 4 N–H and O–H groups in total. The van der Waals surface area contributed by atoms with Crippen LogP contribution in [0.15, 0.2) is 17.2 Å². The second-order valence-corrected chi connectivity index (χ2v) is 12.1. The second-order valence-electron chi connectivity index (χ2n) is 11.7. The van der Waals surface area contributed by atoms with Crippen molar-refractivity contribution < 1.29 is 22.3 Å². The van der Waals surface area contributed by atoms with Crippen molar-refractivity contribution in [3.63, 3.8) is 0 Å². The van der Waals surface area contributed by atoms with Crippen LogP contribution < -0.4 is 20.7 Å². The van der Waals surface area contributed by atoms with Crippen molar-refractivity contribution in [3.8, 4) is 6.01 Å². The molecule has 1 aromatic carbocycles. The maximum Gasteiger partial charge on any atom is 0.416 e. The number of amidine groups is 1. The number of allylic oxidation sites excluding steroid dienone is 2. The fraction of sp³-hybridized carbons (Fsp3) is 0.581. The van der Waals surface area contributed by atoms with E-state index in [1.54, 1.807) is 0 Å². The van der Waals surface area contributed by atoms with E-state index in [0.717, 1.165) is 44.8 Å². The summed E-state index contributed by atoms with van der Waals surface area (Å²) in [5.74, 6) is -1.02. The lowest BCUT2D eigenvalue weighted by molar-refractivity contribution is -0.0883. The van der Waals surface area contributed by atoms with Crippen LogP contribution in [-0.4, -0.2) is 77.8 Å². The van der Waals surface area contributed by atoms with Gasteiger partial charge in [0.05, 0.1) is 21.5 Å². The molecule has 0 saturated carbocycles. The molecule has 0 bridgehead atoms. The molecule has 1 unspecified atom stereocenters. The predicted octanol–water partition coefficient (Wildman–Crippen LogP) is 6.01. The van der Waals surface area contributed by atoms with Gasteiger partial charge in [0.25, 0.3) is 0 Å². The van der Waals surface area contributed by atoms with Gasteiger partial charge in [-0.1, -0.05) is 25.4 Å². The molecule has 8 nitrogen and oxygen atoms in total. The number of rotatable bonds is 6. The largest absolute Gasteiger partial charge is 0.461 e. The van der Waals surface area contributed by atoms with Crippen molar-refractivity contribution >= 4 is 40.2 Å². The third-order valence-corrected chi connectivity index (χ3v) is 9.57. The van der Waals surface area contributed by atoms with Gasteiger partial charge in [-0.3, -0.25) is 10.3 Å². The Hall–Kier alpha value is -2.96. The summed E-state index contributed by atoms with van der Waals surface area (Å²) in [5, 5.41) is 11.1. The Balaban J connectivity index is 0.00000188. The van der Waals surface area contributed by atoms with Crippen LogP contribution in [0, 0.1) is 11.2 Å². The molecular weight excluding hydrogens is 598 g/mol. The molecule has 6 rings (SSSR count).